The molecule has 37 heavy (non-hydrogen) atoms. The first kappa shape index (κ1) is 23.9. The third kappa shape index (κ3) is 4.35. The highest BCUT2D eigenvalue weighted by atomic mass is 19.1. The number of methoxy groups -OCH3 is 1. The maximum absolute atomic E-state index is 15.3. The van der Waals surface area contributed by atoms with Gasteiger partial charge in [-0.05, 0) is 31.0 Å². The lowest BCUT2D eigenvalue weighted by molar-refractivity contribution is -0.0794. The number of anilines is 1. The summed E-state index contributed by atoms with van der Waals surface area (Å²) in [5.41, 5.74) is 2.21. The van der Waals surface area contributed by atoms with Gasteiger partial charge in [-0.1, -0.05) is 11.3 Å². The molecule has 2 aliphatic rings. The number of ether oxygens (including phenoxy) is 2. The van der Waals surface area contributed by atoms with Crippen molar-refractivity contribution in [3.63, 3.8) is 0 Å². The molecule has 0 aliphatic carbocycles. The molecule has 0 bridgehead atoms. The van der Waals surface area contributed by atoms with E-state index in [1.807, 2.05) is 0 Å². The highest BCUT2D eigenvalue weighted by Gasteiger charge is 2.36. The Hall–Kier alpha value is -3.45. The summed E-state index contributed by atoms with van der Waals surface area (Å²) >= 11 is 0. The number of nitrogens with one attached hydrogen (secondary N) is 1. The Kier molecular flexibility index (Phi) is 6.11. The zero-order chi connectivity index (χ0) is 25.7. The number of hydrogen-bond donors (Lipinski definition) is 1. The predicted octanol–water partition coefficient (Wildman–Crippen LogP) is 2.87. The van der Waals surface area contributed by atoms with E-state index in [1.54, 1.807) is 18.2 Å². The van der Waals surface area contributed by atoms with Crippen molar-refractivity contribution in [3.8, 4) is 17.0 Å². The van der Waals surface area contributed by atoms with E-state index < -0.39 is 24.2 Å². The van der Waals surface area contributed by atoms with Gasteiger partial charge < -0.3 is 14.8 Å². The number of nitrogens with zero attached hydrogens (tertiary/aromatic N) is 7. The Labute approximate surface area is 210 Å². The van der Waals surface area contributed by atoms with Crippen molar-refractivity contribution in [2.45, 2.75) is 44.3 Å². The topological polar surface area (TPSA) is 94.6 Å². The van der Waals surface area contributed by atoms with E-state index in [1.165, 1.54) is 29.4 Å². The standard InChI is InChI=1S/C24H27F3N8O2/c1-13(25)8-34-20-7-14(3-4-19(20)30-32-34)21-17(27)10-35-22(21)23(36-2)29-24(31-35)28-18-5-6-33(9-16(18)26)15-11-37-12-15/h3-4,7,10,13,15-16,18H,5-6,8-9,11-12H2,1-2H3,(H,28,31)/t13-,16-,18+/m0/s1. The number of likely N-dealkylation sites (tertiary alicyclic amines) is 1. The molecular formula is C24H27F3N8O2. The quantitative estimate of drug-likeness (QED) is 0.401. The van der Waals surface area contributed by atoms with Gasteiger partial charge in [0, 0.05) is 13.1 Å². The fourth-order valence-electron chi connectivity index (χ4n) is 5.02. The van der Waals surface area contributed by atoms with E-state index in [-0.39, 0.29) is 30.0 Å². The second kappa shape index (κ2) is 9.45. The average Bonchev–Trinajstić information content (AvgIpc) is 3.38. The SMILES string of the molecule is COc1nc(N[C@@H]2CCN(C3COC3)C[C@@H]2F)nn2cc(F)c(-c3ccc4nnn(C[C@H](C)F)c4c3)c12. The van der Waals surface area contributed by atoms with Crippen molar-refractivity contribution in [2.24, 2.45) is 0 Å². The smallest absolute Gasteiger partial charge is 0.244 e. The molecule has 0 radical (unpaired) electrons. The average molecular weight is 517 g/mol. The molecule has 2 fully saturated rings. The van der Waals surface area contributed by atoms with Gasteiger partial charge in [-0.15, -0.1) is 10.2 Å². The summed E-state index contributed by atoms with van der Waals surface area (Å²) in [6.07, 6.45) is -0.432. The van der Waals surface area contributed by atoms with E-state index in [0.717, 1.165) is 6.54 Å². The van der Waals surface area contributed by atoms with E-state index in [0.29, 0.717) is 48.3 Å². The lowest BCUT2D eigenvalue weighted by Crippen LogP contribution is -2.57. The summed E-state index contributed by atoms with van der Waals surface area (Å²) in [5, 5.41) is 15.5. The van der Waals surface area contributed by atoms with Crippen LogP contribution in [0.5, 0.6) is 5.88 Å². The number of alkyl halides is 2. The Bertz CT molecular complexity index is 1440. The number of fused-ring (bicyclic) bond motifs is 2. The molecule has 4 aromatic rings. The zero-order valence-electron chi connectivity index (χ0n) is 20.4. The first-order chi connectivity index (χ1) is 17.9. The molecular weight excluding hydrogens is 489 g/mol. The fraction of sp³-hybridized carbons (Fsp3) is 0.500. The van der Waals surface area contributed by atoms with Crippen molar-refractivity contribution >= 4 is 22.5 Å². The van der Waals surface area contributed by atoms with E-state index in [9.17, 15) is 8.78 Å². The van der Waals surface area contributed by atoms with E-state index in [2.05, 4.69) is 30.6 Å². The molecule has 10 nitrogen and oxygen atoms in total. The highest BCUT2D eigenvalue weighted by molar-refractivity contribution is 5.89. The normalized spacial score (nSPS) is 21.9. The fourth-order valence-corrected chi connectivity index (χ4v) is 5.02. The number of aromatic nitrogens is 6. The molecule has 13 heteroatoms. The number of hydrogen-bond acceptors (Lipinski definition) is 8. The van der Waals surface area contributed by atoms with Crippen molar-refractivity contribution in [1.82, 2.24) is 34.5 Å². The summed E-state index contributed by atoms with van der Waals surface area (Å²) in [4.78, 5) is 6.53. The van der Waals surface area contributed by atoms with Crippen LogP contribution in [0.2, 0.25) is 0 Å². The zero-order valence-corrected chi connectivity index (χ0v) is 20.4. The molecule has 0 unspecified atom stereocenters. The van der Waals surface area contributed by atoms with Crippen LogP contribution in [-0.2, 0) is 11.3 Å². The monoisotopic (exact) mass is 516 g/mol. The Balaban J connectivity index is 1.32. The molecule has 0 amide bonds. The summed E-state index contributed by atoms with van der Waals surface area (Å²) in [6, 6.07) is 4.91. The van der Waals surface area contributed by atoms with Gasteiger partial charge in [0.15, 0.2) is 5.82 Å². The lowest BCUT2D eigenvalue weighted by Gasteiger charge is -2.42. The minimum absolute atomic E-state index is 0.0311. The van der Waals surface area contributed by atoms with Crippen molar-refractivity contribution in [2.75, 3.05) is 38.7 Å². The number of piperidine rings is 1. The first-order valence-corrected chi connectivity index (χ1v) is 12.2. The molecule has 0 spiro atoms. The van der Waals surface area contributed by atoms with Crippen LogP contribution in [0.4, 0.5) is 19.1 Å². The second-order valence-corrected chi connectivity index (χ2v) is 9.59. The van der Waals surface area contributed by atoms with Crippen LogP contribution < -0.4 is 10.1 Å². The minimum atomic E-state index is -1.12. The predicted molar refractivity (Wildman–Crippen MR) is 130 cm³/mol. The lowest BCUT2D eigenvalue weighted by atomic mass is 10.0. The third-order valence-electron chi connectivity index (χ3n) is 7.00. The molecule has 2 aliphatic heterocycles. The van der Waals surface area contributed by atoms with Gasteiger partial charge in [0.1, 0.15) is 23.4 Å². The molecule has 1 N–H and O–H groups in total. The number of rotatable bonds is 7. The van der Waals surface area contributed by atoms with Gasteiger partial charge in [-0.2, -0.15) is 4.98 Å². The van der Waals surface area contributed by atoms with Crippen LogP contribution in [0, 0.1) is 5.82 Å². The maximum atomic E-state index is 15.3. The summed E-state index contributed by atoms with van der Waals surface area (Å²) in [7, 11) is 1.43. The molecule has 196 valence electrons. The van der Waals surface area contributed by atoms with E-state index >= 15 is 4.39 Å². The second-order valence-electron chi connectivity index (χ2n) is 9.59. The summed E-state index contributed by atoms with van der Waals surface area (Å²) in [5.74, 6) is -0.255. The van der Waals surface area contributed by atoms with Gasteiger partial charge in [0.2, 0.25) is 11.8 Å². The number of benzene rings is 1. The molecule has 0 saturated carbocycles. The van der Waals surface area contributed by atoms with Gasteiger partial charge in [-0.3, -0.25) is 4.90 Å². The largest absolute Gasteiger partial charge is 0.479 e. The van der Waals surface area contributed by atoms with Crippen molar-refractivity contribution in [1.29, 1.82) is 0 Å². The van der Waals surface area contributed by atoms with Crippen LogP contribution >= 0.6 is 0 Å². The Morgan fingerprint density at radius 2 is 2.14 bits per heavy atom. The van der Waals surface area contributed by atoms with Gasteiger partial charge >= 0.3 is 0 Å². The first-order valence-electron chi connectivity index (χ1n) is 12.2. The molecule has 5 heterocycles. The van der Waals surface area contributed by atoms with E-state index in [4.69, 9.17) is 9.47 Å². The van der Waals surface area contributed by atoms with Crippen LogP contribution in [-0.4, -0.2) is 92.3 Å². The van der Waals surface area contributed by atoms with Crippen LogP contribution in [0.3, 0.4) is 0 Å². The third-order valence-corrected chi connectivity index (χ3v) is 7.00. The van der Waals surface area contributed by atoms with Crippen LogP contribution in [0.15, 0.2) is 24.4 Å². The number of halogens is 3. The van der Waals surface area contributed by atoms with Crippen molar-refractivity contribution in [3.05, 3.63) is 30.2 Å². The molecule has 3 atom stereocenters. The van der Waals surface area contributed by atoms with Crippen molar-refractivity contribution < 1.29 is 22.6 Å². The minimum Gasteiger partial charge on any atom is -0.479 e. The molecule has 3 aromatic heterocycles. The Morgan fingerprint density at radius 1 is 1.30 bits per heavy atom. The highest BCUT2D eigenvalue weighted by Crippen LogP contribution is 2.35. The summed E-state index contributed by atoms with van der Waals surface area (Å²) in [6.45, 7) is 3.80. The van der Waals surface area contributed by atoms with Crippen LogP contribution in [0.1, 0.15) is 13.3 Å². The van der Waals surface area contributed by atoms with Crippen LogP contribution in [0.25, 0.3) is 27.7 Å². The van der Waals surface area contributed by atoms with Gasteiger partial charge in [0.05, 0.1) is 56.2 Å². The van der Waals surface area contributed by atoms with Gasteiger partial charge in [-0.25, -0.2) is 22.4 Å². The molecule has 6 rings (SSSR count). The molecule has 2 saturated heterocycles. The van der Waals surface area contributed by atoms with Gasteiger partial charge in [0.25, 0.3) is 0 Å². The maximum Gasteiger partial charge on any atom is 0.244 e. The molecule has 1 aromatic carbocycles. The summed E-state index contributed by atoms with van der Waals surface area (Å²) < 4.78 is 57.4. The Morgan fingerprint density at radius 3 is 2.84 bits per heavy atom.